The number of nitrogens with one attached hydrogen (secondary N) is 1. The van der Waals surface area contributed by atoms with Gasteiger partial charge in [0.05, 0.1) is 12.1 Å². The Labute approximate surface area is 107 Å². The molecule has 4 nitrogen and oxygen atoms in total. The summed E-state index contributed by atoms with van der Waals surface area (Å²) in [5.74, 6) is 0. The molecule has 0 fully saturated rings. The number of nitrogens with zero attached hydrogens (tertiary/aromatic N) is 3. The van der Waals surface area contributed by atoms with Crippen LogP contribution >= 0.6 is 23.6 Å². The maximum Gasteiger partial charge on any atom is 0.179 e. The summed E-state index contributed by atoms with van der Waals surface area (Å²) in [6, 6.07) is 3.87. The van der Waals surface area contributed by atoms with Gasteiger partial charge in [-0.2, -0.15) is 0 Å². The van der Waals surface area contributed by atoms with Gasteiger partial charge in [-0.25, -0.2) is 9.97 Å². The number of aromatic amines is 1. The molecule has 0 unspecified atom stereocenters. The summed E-state index contributed by atoms with van der Waals surface area (Å²) >= 11 is 6.95. The van der Waals surface area contributed by atoms with Crippen LogP contribution in [0.4, 0.5) is 0 Å². The van der Waals surface area contributed by atoms with Crippen molar-refractivity contribution in [3.63, 3.8) is 0 Å². The number of hydrogen-bond acceptors (Lipinski definition) is 4. The summed E-state index contributed by atoms with van der Waals surface area (Å²) < 4.78 is 2.66. The third-order valence-electron chi connectivity index (χ3n) is 2.49. The lowest BCUT2D eigenvalue weighted by Gasteiger charge is -1.99. The van der Waals surface area contributed by atoms with Crippen molar-refractivity contribution in [1.82, 2.24) is 19.5 Å². The van der Waals surface area contributed by atoms with Crippen molar-refractivity contribution in [2.75, 3.05) is 0 Å². The Balaban J connectivity index is 2.11. The zero-order valence-corrected chi connectivity index (χ0v) is 10.8. The Bertz CT molecular complexity index is 722. The van der Waals surface area contributed by atoms with Gasteiger partial charge >= 0.3 is 0 Å². The van der Waals surface area contributed by atoms with Crippen LogP contribution < -0.4 is 0 Å². The fourth-order valence-electron chi connectivity index (χ4n) is 1.75. The number of hydrogen-bond donors (Lipinski definition) is 1. The molecule has 0 spiro atoms. The van der Waals surface area contributed by atoms with E-state index < -0.39 is 0 Å². The van der Waals surface area contributed by atoms with E-state index in [0.717, 1.165) is 21.9 Å². The maximum absolute atomic E-state index is 5.30. The zero-order valence-electron chi connectivity index (χ0n) is 9.17. The highest BCUT2D eigenvalue weighted by Gasteiger charge is 2.07. The van der Waals surface area contributed by atoms with Gasteiger partial charge < -0.3 is 4.98 Å². The Hall–Kier alpha value is -1.53. The van der Waals surface area contributed by atoms with E-state index in [9.17, 15) is 0 Å². The topological polar surface area (TPSA) is 46.5 Å². The van der Waals surface area contributed by atoms with E-state index in [1.165, 1.54) is 0 Å². The van der Waals surface area contributed by atoms with E-state index in [4.69, 9.17) is 12.2 Å². The van der Waals surface area contributed by atoms with Gasteiger partial charge in [0.25, 0.3) is 0 Å². The van der Waals surface area contributed by atoms with Gasteiger partial charge in [0, 0.05) is 17.3 Å². The third-order valence-corrected chi connectivity index (χ3v) is 3.76. The molecule has 17 heavy (non-hydrogen) atoms. The molecular weight excluding hydrogens is 252 g/mol. The van der Waals surface area contributed by atoms with Gasteiger partial charge in [0.2, 0.25) is 0 Å². The molecule has 3 rings (SSSR count). The first-order valence-electron chi connectivity index (χ1n) is 5.18. The monoisotopic (exact) mass is 262 g/mol. The zero-order chi connectivity index (χ0) is 11.8. The molecule has 0 bridgehead atoms. The standard InChI is InChI=1S/C11H10N4S2/c1-7-6-17-9(13-7)5-15-10-8(14-11(15)16)3-2-4-12-10/h2-4,6H,5H2,1H3,(H,14,16). The molecule has 0 saturated heterocycles. The first-order chi connectivity index (χ1) is 8.24. The average Bonchev–Trinajstić information content (AvgIpc) is 2.85. The van der Waals surface area contributed by atoms with E-state index in [-0.39, 0.29) is 0 Å². The minimum absolute atomic E-state index is 0.675. The SMILES string of the molecule is Cc1csc(Cn2c(=S)[nH]c3cccnc32)n1. The number of thiazole rings is 1. The van der Waals surface area contributed by atoms with Crippen LogP contribution in [-0.4, -0.2) is 19.5 Å². The summed E-state index contributed by atoms with van der Waals surface area (Å²) in [4.78, 5) is 11.9. The molecule has 0 amide bonds. The van der Waals surface area contributed by atoms with Crippen LogP contribution in [0.3, 0.4) is 0 Å². The molecule has 0 saturated carbocycles. The molecule has 3 aromatic rings. The quantitative estimate of drug-likeness (QED) is 0.722. The lowest BCUT2D eigenvalue weighted by atomic mass is 10.4. The number of aryl methyl sites for hydroxylation is 1. The molecule has 0 radical (unpaired) electrons. The second kappa shape index (κ2) is 4.05. The fraction of sp³-hybridized carbons (Fsp3) is 0.182. The Morgan fingerprint density at radius 2 is 2.41 bits per heavy atom. The Kier molecular flexibility index (Phi) is 2.53. The van der Waals surface area contributed by atoms with Crippen LogP contribution in [-0.2, 0) is 6.54 Å². The van der Waals surface area contributed by atoms with E-state index in [1.54, 1.807) is 17.5 Å². The molecule has 3 heterocycles. The number of fused-ring (bicyclic) bond motifs is 1. The number of aromatic nitrogens is 4. The molecule has 0 aliphatic carbocycles. The molecule has 3 aromatic heterocycles. The van der Waals surface area contributed by atoms with Gasteiger partial charge in [-0.1, -0.05) is 0 Å². The lowest BCUT2D eigenvalue weighted by molar-refractivity contribution is 0.791. The minimum atomic E-state index is 0.675. The highest BCUT2D eigenvalue weighted by atomic mass is 32.1. The van der Waals surface area contributed by atoms with Crippen molar-refractivity contribution in [1.29, 1.82) is 0 Å². The second-order valence-corrected chi connectivity index (χ2v) is 5.10. The van der Waals surface area contributed by atoms with Crippen LogP contribution in [0, 0.1) is 11.7 Å². The van der Waals surface area contributed by atoms with Crippen molar-refractivity contribution in [3.8, 4) is 0 Å². The average molecular weight is 262 g/mol. The summed E-state index contributed by atoms with van der Waals surface area (Å²) in [5.41, 5.74) is 2.89. The van der Waals surface area contributed by atoms with Gasteiger partial charge in [0.15, 0.2) is 10.4 Å². The van der Waals surface area contributed by atoms with E-state index in [0.29, 0.717) is 11.3 Å². The van der Waals surface area contributed by atoms with Crippen LogP contribution in [0.1, 0.15) is 10.7 Å². The Morgan fingerprint density at radius 1 is 1.53 bits per heavy atom. The van der Waals surface area contributed by atoms with Gasteiger partial charge in [-0.15, -0.1) is 11.3 Å². The van der Waals surface area contributed by atoms with Gasteiger partial charge in [-0.3, -0.25) is 4.57 Å². The second-order valence-electron chi connectivity index (χ2n) is 3.77. The summed E-state index contributed by atoms with van der Waals surface area (Å²) in [6.45, 7) is 2.67. The van der Waals surface area contributed by atoms with Crippen molar-refractivity contribution in [2.24, 2.45) is 0 Å². The molecule has 0 atom stereocenters. The van der Waals surface area contributed by atoms with Gasteiger partial charge in [-0.05, 0) is 31.3 Å². The molecule has 1 N–H and O–H groups in total. The normalized spacial score (nSPS) is 11.1. The summed E-state index contributed by atoms with van der Waals surface area (Å²) in [6.07, 6.45) is 1.77. The molecule has 6 heteroatoms. The predicted octanol–water partition coefficient (Wildman–Crippen LogP) is 2.91. The first-order valence-corrected chi connectivity index (χ1v) is 6.47. The van der Waals surface area contributed by atoms with E-state index in [2.05, 4.69) is 15.0 Å². The summed E-state index contributed by atoms with van der Waals surface area (Å²) in [5, 5.41) is 3.09. The van der Waals surface area contributed by atoms with Crippen LogP contribution in [0.2, 0.25) is 0 Å². The number of rotatable bonds is 2. The smallest absolute Gasteiger partial charge is 0.179 e. The highest BCUT2D eigenvalue weighted by molar-refractivity contribution is 7.71. The number of pyridine rings is 1. The first kappa shape index (κ1) is 10.6. The largest absolute Gasteiger partial charge is 0.329 e. The van der Waals surface area contributed by atoms with E-state index >= 15 is 0 Å². The fourth-order valence-corrected chi connectivity index (χ4v) is 2.77. The van der Waals surface area contributed by atoms with Crippen LogP contribution in [0.5, 0.6) is 0 Å². The van der Waals surface area contributed by atoms with E-state index in [1.807, 2.05) is 29.0 Å². The highest BCUT2D eigenvalue weighted by Crippen LogP contribution is 2.15. The van der Waals surface area contributed by atoms with Crippen molar-refractivity contribution in [3.05, 3.63) is 39.2 Å². The lowest BCUT2D eigenvalue weighted by Crippen LogP contribution is -2.00. The minimum Gasteiger partial charge on any atom is -0.329 e. The summed E-state index contributed by atoms with van der Waals surface area (Å²) in [7, 11) is 0. The predicted molar refractivity (Wildman–Crippen MR) is 70.9 cm³/mol. The van der Waals surface area contributed by atoms with Crippen molar-refractivity contribution < 1.29 is 0 Å². The number of imidazole rings is 1. The number of H-pyrrole nitrogens is 1. The maximum atomic E-state index is 5.30. The molecule has 0 aliphatic rings. The molecule has 0 aromatic carbocycles. The van der Waals surface area contributed by atoms with Crippen LogP contribution in [0.15, 0.2) is 23.7 Å². The third kappa shape index (κ3) is 1.89. The molecule has 0 aliphatic heterocycles. The van der Waals surface area contributed by atoms with Crippen molar-refractivity contribution >= 4 is 34.7 Å². The Morgan fingerprint density at radius 3 is 3.18 bits per heavy atom. The molecule has 86 valence electrons. The van der Waals surface area contributed by atoms with Crippen LogP contribution in [0.25, 0.3) is 11.2 Å². The van der Waals surface area contributed by atoms with Gasteiger partial charge in [0.1, 0.15) is 5.01 Å². The molecular formula is C11H10N4S2. The van der Waals surface area contributed by atoms with Crippen molar-refractivity contribution in [2.45, 2.75) is 13.5 Å².